The van der Waals surface area contributed by atoms with Crippen LogP contribution in [0.25, 0.3) is 0 Å². The number of halogens is 3. The maximum atomic E-state index is 13.5. The number of benzene rings is 2. The fourth-order valence-corrected chi connectivity index (χ4v) is 1.81. The lowest BCUT2D eigenvalue weighted by atomic mass is 10.1. The van der Waals surface area contributed by atoms with Crippen LogP contribution in [-0.4, -0.2) is 17.6 Å². The van der Waals surface area contributed by atoms with E-state index in [0.29, 0.717) is 11.6 Å². The van der Waals surface area contributed by atoms with Crippen molar-refractivity contribution in [3.05, 3.63) is 59.4 Å². The molecule has 0 fully saturated rings. The molecule has 0 atom stereocenters. The number of rotatable bonds is 3. The molecular weight excluding hydrogens is 325 g/mol. The Labute approximate surface area is 134 Å². The average Bonchev–Trinajstić information content (AvgIpc) is 2.55. The molecule has 8 heteroatoms. The van der Waals surface area contributed by atoms with Gasteiger partial charge in [-0.1, -0.05) is 12.1 Å². The first-order valence-electron chi connectivity index (χ1n) is 6.66. The molecule has 5 nitrogen and oxygen atoms in total. The van der Waals surface area contributed by atoms with E-state index in [4.69, 9.17) is 0 Å². The van der Waals surface area contributed by atoms with Crippen molar-refractivity contribution in [3.63, 3.8) is 0 Å². The normalized spacial score (nSPS) is 10.2. The topological polar surface area (TPSA) is 75.3 Å². The van der Waals surface area contributed by atoms with E-state index < -0.39 is 35.0 Å². The highest BCUT2D eigenvalue weighted by Gasteiger charge is 2.19. The summed E-state index contributed by atoms with van der Waals surface area (Å²) in [5, 5.41) is 4.05. The zero-order valence-electron chi connectivity index (χ0n) is 12.3. The second-order valence-corrected chi connectivity index (χ2v) is 4.77. The monoisotopic (exact) mass is 336 g/mol. The Morgan fingerprint density at radius 3 is 2.21 bits per heavy atom. The van der Waals surface area contributed by atoms with Crippen LogP contribution in [0.15, 0.2) is 36.4 Å². The third-order valence-corrected chi connectivity index (χ3v) is 3.02. The zero-order valence-corrected chi connectivity index (χ0v) is 12.3. The molecule has 0 saturated carbocycles. The number of carbonyl (C=O) groups is 3. The molecule has 124 valence electrons. The van der Waals surface area contributed by atoms with Crippen molar-refractivity contribution in [2.45, 2.75) is 6.92 Å². The number of amides is 2. The Bertz CT molecular complexity index is 837. The largest absolute Gasteiger partial charge is 0.318 e. The van der Waals surface area contributed by atoms with Crippen molar-refractivity contribution in [2.24, 2.45) is 0 Å². The van der Waals surface area contributed by atoms with E-state index >= 15 is 0 Å². The fourth-order valence-electron chi connectivity index (χ4n) is 1.81. The van der Waals surface area contributed by atoms with Crippen molar-refractivity contribution in [3.8, 4) is 0 Å². The summed E-state index contributed by atoms with van der Waals surface area (Å²) in [5.74, 6) is -7.49. The fraction of sp³-hybridized carbons (Fsp3) is 0.0625. The molecule has 0 saturated heterocycles. The van der Waals surface area contributed by atoms with Crippen LogP contribution in [0.5, 0.6) is 0 Å². The molecule has 2 aromatic carbocycles. The molecule has 2 N–H and O–H groups in total. The van der Waals surface area contributed by atoms with Crippen molar-refractivity contribution in [1.82, 2.24) is 0 Å². The minimum Gasteiger partial charge on any atom is -0.318 e. The van der Waals surface area contributed by atoms with Crippen LogP contribution in [0.3, 0.4) is 0 Å². The number of hydrogen-bond donors (Lipinski definition) is 2. The molecule has 0 unspecified atom stereocenters. The molecule has 2 rings (SSSR count). The molecular formula is C16H11F3N2O3. The summed E-state index contributed by atoms with van der Waals surface area (Å²) in [6.45, 7) is 1.33. The Balaban J connectivity index is 2.11. The van der Waals surface area contributed by atoms with Crippen molar-refractivity contribution < 1.29 is 27.6 Å². The molecule has 0 radical (unpaired) electrons. The Morgan fingerprint density at radius 2 is 1.54 bits per heavy atom. The summed E-state index contributed by atoms with van der Waals surface area (Å²) in [7, 11) is 0. The summed E-state index contributed by atoms with van der Waals surface area (Å²) >= 11 is 0. The quantitative estimate of drug-likeness (QED) is 0.514. The zero-order chi connectivity index (χ0) is 17.9. The average molecular weight is 336 g/mol. The number of Topliss-reactive ketones (excluding diaryl/α,β-unsaturated/α-hetero) is 1. The third kappa shape index (κ3) is 3.78. The van der Waals surface area contributed by atoms with Crippen molar-refractivity contribution in [2.75, 3.05) is 10.6 Å². The van der Waals surface area contributed by atoms with E-state index in [1.165, 1.54) is 31.2 Å². The summed E-state index contributed by atoms with van der Waals surface area (Å²) < 4.78 is 39.3. The van der Waals surface area contributed by atoms with E-state index in [1.807, 2.05) is 5.32 Å². The van der Waals surface area contributed by atoms with Gasteiger partial charge in [-0.25, -0.2) is 13.2 Å². The van der Waals surface area contributed by atoms with E-state index in [1.54, 1.807) is 0 Å². The summed E-state index contributed by atoms with van der Waals surface area (Å²) in [5.41, 5.74) is -0.181. The number of anilines is 2. The number of carbonyl (C=O) groups excluding carboxylic acids is 3. The number of ketones is 1. The van der Waals surface area contributed by atoms with Crippen LogP contribution >= 0.6 is 0 Å². The van der Waals surface area contributed by atoms with Gasteiger partial charge < -0.3 is 10.6 Å². The van der Waals surface area contributed by atoms with Crippen LogP contribution in [0, 0.1) is 17.5 Å². The third-order valence-electron chi connectivity index (χ3n) is 3.02. The lowest BCUT2D eigenvalue weighted by Gasteiger charge is -2.08. The van der Waals surface area contributed by atoms with Crippen LogP contribution in [0.4, 0.5) is 24.5 Å². The van der Waals surface area contributed by atoms with Gasteiger partial charge in [0.25, 0.3) is 0 Å². The maximum Gasteiger partial charge on any atom is 0.314 e. The molecule has 0 aliphatic rings. The van der Waals surface area contributed by atoms with Gasteiger partial charge in [0, 0.05) is 11.3 Å². The minimum absolute atomic E-state index is 0.175. The van der Waals surface area contributed by atoms with Gasteiger partial charge in [0.15, 0.2) is 23.2 Å². The van der Waals surface area contributed by atoms with Gasteiger partial charge in [-0.15, -0.1) is 0 Å². The first-order valence-corrected chi connectivity index (χ1v) is 6.66. The van der Waals surface area contributed by atoms with Crippen LogP contribution in [0.2, 0.25) is 0 Å². The van der Waals surface area contributed by atoms with Gasteiger partial charge in [0.1, 0.15) is 0 Å². The summed E-state index contributed by atoms with van der Waals surface area (Å²) in [6.07, 6.45) is 0. The SMILES string of the molecule is CC(=O)c1cccc(NC(=O)C(=O)Nc2ccc(F)c(F)c2F)c1. The lowest BCUT2D eigenvalue weighted by Crippen LogP contribution is -2.29. The summed E-state index contributed by atoms with van der Waals surface area (Å²) in [6, 6.07) is 7.22. The van der Waals surface area contributed by atoms with Crippen molar-refractivity contribution in [1.29, 1.82) is 0 Å². The Morgan fingerprint density at radius 1 is 0.875 bits per heavy atom. The van der Waals surface area contributed by atoms with Gasteiger partial charge in [0.2, 0.25) is 0 Å². The molecule has 2 aromatic rings. The molecule has 0 bridgehead atoms. The standard InChI is InChI=1S/C16H11F3N2O3/c1-8(22)9-3-2-4-10(7-9)20-15(23)16(24)21-12-6-5-11(17)13(18)14(12)19/h2-7H,1H3,(H,20,23)(H,21,24). The van der Waals surface area contributed by atoms with Crippen LogP contribution in [0.1, 0.15) is 17.3 Å². The second-order valence-electron chi connectivity index (χ2n) is 4.77. The van der Waals surface area contributed by atoms with E-state index in [9.17, 15) is 27.6 Å². The smallest absolute Gasteiger partial charge is 0.314 e. The highest BCUT2D eigenvalue weighted by molar-refractivity contribution is 6.43. The first kappa shape index (κ1) is 17.2. The van der Waals surface area contributed by atoms with Gasteiger partial charge in [-0.05, 0) is 31.2 Å². The van der Waals surface area contributed by atoms with Gasteiger partial charge in [-0.3, -0.25) is 14.4 Å². The van der Waals surface area contributed by atoms with Crippen LogP contribution < -0.4 is 10.6 Å². The van der Waals surface area contributed by atoms with E-state index in [-0.39, 0.29) is 11.5 Å². The van der Waals surface area contributed by atoms with Crippen LogP contribution in [-0.2, 0) is 9.59 Å². The van der Waals surface area contributed by atoms with Gasteiger partial charge >= 0.3 is 11.8 Å². The number of hydrogen-bond acceptors (Lipinski definition) is 3. The van der Waals surface area contributed by atoms with Gasteiger partial charge in [-0.2, -0.15) is 0 Å². The highest BCUT2D eigenvalue weighted by Crippen LogP contribution is 2.19. The minimum atomic E-state index is -1.76. The highest BCUT2D eigenvalue weighted by atomic mass is 19.2. The molecule has 0 heterocycles. The molecule has 0 aliphatic heterocycles. The second kappa shape index (κ2) is 6.95. The predicted molar refractivity (Wildman–Crippen MR) is 80.0 cm³/mol. The Kier molecular flexibility index (Phi) is 4.98. The maximum absolute atomic E-state index is 13.5. The molecule has 24 heavy (non-hydrogen) atoms. The van der Waals surface area contributed by atoms with Crippen molar-refractivity contribution >= 4 is 29.0 Å². The number of nitrogens with one attached hydrogen (secondary N) is 2. The lowest BCUT2D eigenvalue weighted by molar-refractivity contribution is -0.133. The predicted octanol–water partition coefficient (Wildman–Crippen LogP) is 2.88. The molecule has 0 aromatic heterocycles. The molecule has 0 spiro atoms. The summed E-state index contributed by atoms with van der Waals surface area (Å²) in [4.78, 5) is 34.7. The van der Waals surface area contributed by atoms with Gasteiger partial charge in [0.05, 0.1) is 5.69 Å². The molecule has 2 amide bonds. The van der Waals surface area contributed by atoms with E-state index in [0.717, 1.165) is 6.07 Å². The molecule has 0 aliphatic carbocycles. The van der Waals surface area contributed by atoms with E-state index in [2.05, 4.69) is 5.32 Å². The Hall–Kier alpha value is -3.16. The first-order chi connectivity index (χ1) is 11.3.